The molecule has 0 saturated carbocycles. The molecule has 10 heteroatoms. The lowest BCUT2D eigenvalue weighted by molar-refractivity contribution is -0.139. The average Bonchev–Trinajstić information content (AvgIpc) is 3.06. The summed E-state index contributed by atoms with van der Waals surface area (Å²) < 4.78 is 40.7. The average molecular weight is 614 g/mol. The smallest absolute Gasteiger partial charge is 0.264 e. The topological polar surface area (TPSA) is 105 Å². The summed E-state index contributed by atoms with van der Waals surface area (Å²) in [4.78, 5) is 29.3. The Bertz CT molecular complexity index is 1710. The van der Waals surface area contributed by atoms with Crippen molar-refractivity contribution in [2.24, 2.45) is 0 Å². The van der Waals surface area contributed by atoms with Crippen molar-refractivity contribution < 1.29 is 27.5 Å². The predicted octanol–water partition coefficient (Wildman–Crippen LogP) is 4.35. The number of fused-ring (bicyclic) bond motifs is 1. The van der Waals surface area contributed by atoms with Gasteiger partial charge >= 0.3 is 0 Å². The maximum atomic E-state index is 14.4. The van der Waals surface area contributed by atoms with E-state index in [1.807, 2.05) is 61.5 Å². The van der Waals surface area contributed by atoms with Gasteiger partial charge in [-0.1, -0.05) is 72.8 Å². The lowest BCUT2D eigenvalue weighted by Gasteiger charge is -2.34. The van der Waals surface area contributed by atoms with Crippen molar-refractivity contribution >= 4 is 27.5 Å². The van der Waals surface area contributed by atoms with Crippen LogP contribution in [-0.4, -0.2) is 58.0 Å². The number of rotatable bonds is 11. The van der Waals surface area contributed by atoms with Gasteiger partial charge in [0.1, 0.15) is 25.8 Å². The molecular formula is C34H35N3O6S. The van der Waals surface area contributed by atoms with Crippen LogP contribution in [0.25, 0.3) is 0 Å². The summed E-state index contributed by atoms with van der Waals surface area (Å²) in [6, 6.07) is 28.9. The van der Waals surface area contributed by atoms with Gasteiger partial charge in [0.05, 0.1) is 10.6 Å². The molecule has 1 aliphatic rings. The van der Waals surface area contributed by atoms with Crippen molar-refractivity contribution in [2.75, 3.05) is 31.1 Å². The van der Waals surface area contributed by atoms with Crippen molar-refractivity contribution in [3.63, 3.8) is 0 Å². The molecule has 2 amide bonds. The quantitative estimate of drug-likeness (QED) is 0.270. The largest absolute Gasteiger partial charge is 0.486 e. The molecule has 0 aliphatic carbocycles. The number of sulfonamides is 1. The molecule has 1 unspecified atom stereocenters. The van der Waals surface area contributed by atoms with Crippen LogP contribution in [0.5, 0.6) is 11.5 Å². The summed E-state index contributed by atoms with van der Waals surface area (Å²) in [6.07, 6.45) is 0.244. The van der Waals surface area contributed by atoms with E-state index in [1.54, 1.807) is 36.4 Å². The molecule has 1 heterocycles. The van der Waals surface area contributed by atoms with Crippen LogP contribution >= 0.6 is 0 Å². The van der Waals surface area contributed by atoms with Crippen molar-refractivity contribution in [1.29, 1.82) is 0 Å². The van der Waals surface area contributed by atoms with Crippen molar-refractivity contribution in [2.45, 2.75) is 30.8 Å². The highest BCUT2D eigenvalue weighted by Gasteiger charge is 2.35. The van der Waals surface area contributed by atoms with Crippen LogP contribution in [0, 0.1) is 6.92 Å². The van der Waals surface area contributed by atoms with E-state index in [1.165, 1.54) is 24.1 Å². The second-order valence-electron chi connectivity index (χ2n) is 10.4. The Labute approximate surface area is 258 Å². The molecule has 1 N–H and O–H groups in total. The lowest BCUT2D eigenvalue weighted by Crippen LogP contribution is -2.53. The van der Waals surface area contributed by atoms with Gasteiger partial charge in [-0.05, 0) is 47.9 Å². The standard InChI is InChI=1S/C34H35N3O6S/c1-25-11-9-10-14-27(25)23-36(30(34(39)35-2)21-26-12-5-3-6-13-26)33(38)24-37(44(40,41)29-15-7-4-8-16-29)28-17-18-31-32(22-28)43-20-19-42-31/h3-18,22,30H,19-21,23-24H2,1-2H3,(H,35,39). The van der Waals surface area contributed by atoms with E-state index in [-0.39, 0.29) is 29.5 Å². The highest BCUT2D eigenvalue weighted by Crippen LogP contribution is 2.36. The number of hydrogen-bond donors (Lipinski definition) is 1. The number of amides is 2. The van der Waals surface area contributed by atoms with Gasteiger partial charge in [0, 0.05) is 26.1 Å². The van der Waals surface area contributed by atoms with E-state index in [2.05, 4.69) is 5.32 Å². The number of benzene rings is 4. The van der Waals surface area contributed by atoms with E-state index in [0.717, 1.165) is 21.0 Å². The van der Waals surface area contributed by atoms with Gasteiger partial charge in [0.2, 0.25) is 11.8 Å². The molecule has 0 bridgehead atoms. The van der Waals surface area contributed by atoms with Crippen LogP contribution in [0.1, 0.15) is 16.7 Å². The highest BCUT2D eigenvalue weighted by atomic mass is 32.2. The number of aryl methyl sites for hydroxylation is 1. The summed E-state index contributed by atoms with van der Waals surface area (Å²) in [5.74, 6) is -0.00888. The third-order valence-corrected chi connectivity index (χ3v) is 9.33. The molecule has 0 saturated heterocycles. The summed E-state index contributed by atoms with van der Waals surface area (Å²) in [5.41, 5.74) is 2.90. The van der Waals surface area contributed by atoms with Gasteiger partial charge in [-0.25, -0.2) is 8.42 Å². The lowest BCUT2D eigenvalue weighted by atomic mass is 10.0. The van der Waals surface area contributed by atoms with Gasteiger partial charge in [-0.15, -0.1) is 0 Å². The molecule has 9 nitrogen and oxygen atoms in total. The number of likely N-dealkylation sites (N-methyl/N-ethyl adjacent to an activating group) is 1. The monoisotopic (exact) mass is 613 g/mol. The summed E-state index contributed by atoms with van der Waals surface area (Å²) in [6.45, 7) is 2.19. The van der Waals surface area contributed by atoms with Crippen molar-refractivity contribution in [1.82, 2.24) is 10.2 Å². The van der Waals surface area contributed by atoms with Gasteiger partial charge in [0.25, 0.3) is 10.0 Å². The fourth-order valence-corrected chi connectivity index (χ4v) is 6.55. The van der Waals surface area contributed by atoms with Crippen LogP contribution < -0.4 is 19.1 Å². The SMILES string of the molecule is CNC(=O)C(Cc1ccccc1)N(Cc1ccccc1C)C(=O)CN(c1ccc2c(c1)OCCO2)S(=O)(=O)c1ccccc1. The summed E-state index contributed by atoms with van der Waals surface area (Å²) in [7, 11) is -2.69. The van der Waals surface area contributed by atoms with E-state index >= 15 is 0 Å². The zero-order chi connectivity index (χ0) is 31.1. The minimum Gasteiger partial charge on any atom is -0.486 e. The fraction of sp³-hybridized carbons (Fsp3) is 0.235. The number of nitrogens with one attached hydrogen (secondary N) is 1. The van der Waals surface area contributed by atoms with E-state index in [0.29, 0.717) is 24.7 Å². The Kier molecular flexibility index (Phi) is 9.50. The number of nitrogens with zero attached hydrogens (tertiary/aromatic N) is 2. The van der Waals surface area contributed by atoms with Gasteiger partial charge < -0.3 is 19.7 Å². The molecule has 1 aliphatic heterocycles. The van der Waals surface area contributed by atoms with Crippen LogP contribution in [-0.2, 0) is 32.6 Å². The first-order chi connectivity index (χ1) is 21.3. The molecular weight excluding hydrogens is 578 g/mol. The molecule has 1 atom stereocenters. The number of hydrogen-bond acceptors (Lipinski definition) is 6. The molecule has 0 spiro atoms. The first-order valence-electron chi connectivity index (χ1n) is 14.3. The number of ether oxygens (including phenoxy) is 2. The van der Waals surface area contributed by atoms with Crippen molar-refractivity contribution in [3.05, 3.63) is 120 Å². The Morgan fingerprint density at radius 2 is 1.48 bits per heavy atom. The molecule has 5 rings (SSSR count). The van der Waals surface area contributed by atoms with Gasteiger partial charge in [-0.3, -0.25) is 13.9 Å². The Morgan fingerprint density at radius 1 is 0.841 bits per heavy atom. The van der Waals surface area contributed by atoms with Crippen LogP contribution in [0.4, 0.5) is 5.69 Å². The first-order valence-corrected chi connectivity index (χ1v) is 15.8. The van der Waals surface area contributed by atoms with Crippen LogP contribution in [0.3, 0.4) is 0 Å². The number of anilines is 1. The number of carbonyl (C=O) groups excluding carboxylic acids is 2. The van der Waals surface area contributed by atoms with E-state index in [4.69, 9.17) is 9.47 Å². The minimum absolute atomic E-state index is 0.0280. The molecule has 0 aromatic heterocycles. The van der Waals surface area contributed by atoms with Gasteiger partial charge in [0.15, 0.2) is 11.5 Å². The maximum Gasteiger partial charge on any atom is 0.264 e. The van der Waals surface area contributed by atoms with E-state index in [9.17, 15) is 18.0 Å². The van der Waals surface area contributed by atoms with E-state index < -0.39 is 28.5 Å². The second kappa shape index (κ2) is 13.6. The molecule has 44 heavy (non-hydrogen) atoms. The normalized spacial score (nSPS) is 13.0. The zero-order valence-electron chi connectivity index (χ0n) is 24.7. The summed E-state index contributed by atoms with van der Waals surface area (Å²) >= 11 is 0. The van der Waals surface area contributed by atoms with Crippen LogP contribution in [0.15, 0.2) is 108 Å². The minimum atomic E-state index is -4.21. The predicted molar refractivity (Wildman–Crippen MR) is 168 cm³/mol. The fourth-order valence-electron chi connectivity index (χ4n) is 5.13. The Balaban J connectivity index is 1.58. The van der Waals surface area contributed by atoms with Gasteiger partial charge in [-0.2, -0.15) is 0 Å². The first kappa shape index (κ1) is 30.6. The molecule has 0 radical (unpaired) electrons. The summed E-state index contributed by atoms with van der Waals surface area (Å²) in [5, 5.41) is 2.70. The second-order valence-corrected chi connectivity index (χ2v) is 12.3. The maximum absolute atomic E-state index is 14.4. The molecule has 4 aromatic rings. The third-order valence-electron chi connectivity index (χ3n) is 7.54. The third kappa shape index (κ3) is 6.86. The Morgan fingerprint density at radius 3 is 2.16 bits per heavy atom. The van der Waals surface area contributed by atoms with Crippen molar-refractivity contribution in [3.8, 4) is 11.5 Å². The number of carbonyl (C=O) groups is 2. The molecule has 4 aromatic carbocycles. The zero-order valence-corrected chi connectivity index (χ0v) is 25.5. The highest BCUT2D eigenvalue weighted by molar-refractivity contribution is 7.92. The van der Waals surface area contributed by atoms with Crippen LogP contribution in [0.2, 0.25) is 0 Å². The molecule has 0 fully saturated rings. The Hall–Kier alpha value is -4.83. The molecule has 228 valence electrons.